The maximum absolute atomic E-state index is 9.36. The highest BCUT2D eigenvalue weighted by atomic mass is 16.3. The second kappa shape index (κ2) is 3.49. The molecule has 0 amide bonds. The van der Waals surface area contributed by atoms with Crippen LogP contribution in [-0.2, 0) is 7.05 Å². The van der Waals surface area contributed by atoms with Crippen LogP contribution < -0.4 is 10.6 Å². The van der Waals surface area contributed by atoms with Crippen LogP contribution in [0.4, 0.5) is 11.5 Å². The fraction of sp³-hybridized carbons (Fsp3) is 0.667. The minimum Gasteiger partial charge on any atom is -0.394 e. The van der Waals surface area contributed by atoms with Gasteiger partial charge in [0.05, 0.1) is 11.8 Å². The van der Waals surface area contributed by atoms with E-state index in [0.29, 0.717) is 5.69 Å². The van der Waals surface area contributed by atoms with Gasteiger partial charge in [-0.05, 0) is 12.8 Å². The number of nitrogens with two attached hydrogens (primary N) is 1. The molecule has 0 radical (unpaired) electrons. The van der Waals surface area contributed by atoms with Gasteiger partial charge in [-0.25, -0.2) is 0 Å². The molecule has 14 heavy (non-hydrogen) atoms. The van der Waals surface area contributed by atoms with Crippen molar-refractivity contribution in [1.82, 2.24) is 9.78 Å². The summed E-state index contributed by atoms with van der Waals surface area (Å²) in [5, 5.41) is 13.7. The van der Waals surface area contributed by atoms with Crippen LogP contribution in [-0.4, -0.2) is 34.1 Å². The minimum atomic E-state index is -0.156. The summed E-state index contributed by atoms with van der Waals surface area (Å²) in [4.78, 5) is 2.13. The van der Waals surface area contributed by atoms with E-state index in [1.807, 2.05) is 7.05 Å². The highest BCUT2D eigenvalue weighted by molar-refractivity contribution is 5.61. The third-order valence-electron chi connectivity index (χ3n) is 2.60. The van der Waals surface area contributed by atoms with Crippen LogP contribution in [0, 0.1) is 0 Å². The van der Waals surface area contributed by atoms with Gasteiger partial charge < -0.3 is 15.7 Å². The zero-order chi connectivity index (χ0) is 10.1. The molecule has 3 N–H and O–H groups in total. The molecule has 5 nitrogen and oxygen atoms in total. The molecule has 2 heterocycles. The zero-order valence-corrected chi connectivity index (χ0v) is 8.35. The van der Waals surface area contributed by atoms with E-state index < -0.39 is 0 Å². The minimum absolute atomic E-state index is 0.156. The van der Waals surface area contributed by atoms with E-state index in [2.05, 4.69) is 10.00 Å². The van der Waals surface area contributed by atoms with Gasteiger partial charge in [0, 0.05) is 26.3 Å². The number of hydrogen-bond acceptors (Lipinski definition) is 4. The van der Waals surface area contributed by atoms with Crippen LogP contribution in [0.2, 0.25) is 0 Å². The van der Waals surface area contributed by atoms with Gasteiger partial charge in [0.2, 0.25) is 0 Å². The number of aromatic nitrogens is 2. The summed E-state index contributed by atoms with van der Waals surface area (Å²) >= 11 is 0. The van der Waals surface area contributed by atoms with Gasteiger partial charge in [-0.1, -0.05) is 0 Å². The Labute approximate surface area is 83.1 Å². The zero-order valence-electron chi connectivity index (χ0n) is 8.35. The van der Waals surface area contributed by atoms with E-state index in [0.717, 1.165) is 31.7 Å². The van der Waals surface area contributed by atoms with Crippen molar-refractivity contribution in [3.05, 3.63) is 6.20 Å². The van der Waals surface area contributed by atoms with E-state index in [4.69, 9.17) is 5.73 Å². The third kappa shape index (κ3) is 1.68. The number of anilines is 2. The Morgan fingerprint density at radius 3 is 2.64 bits per heavy atom. The first-order chi connectivity index (χ1) is 6.66. The maximum Gasteiger partial charge on any atom is 0.173 e. The average Bonchev–Trinajstić information content (AvgIpc) is 2.47. The number of nitrogens with zero attached hydrogens (tertiary/aromatic N) is 3. The maximum atomic E-state index is 9.36. The SMILES string of the molecule is Cn1cc(N)c(N2CCC(O)CC2)n1. The van der Waals surface area contributed by atoms with E-state index in [1.165, 1.54) is 0 Å². The number of aryl methyl sites for hydroxylation is 1. The summed E-state index contributed by atoms with van der Waals surface area (Å²) < 4.78 is 1.72. The van der Waals surface area contributed by atoms with Crippen molar-refractivity contribution >= 4 is 11.5 Å². The molecule has 0 aliphatic carbocycles. The molecule has 2 rings (SSSR count). The topological polar surface area (TPSA) is 67.3 Å². The summed E-state index contributed by atoms with van der Waals surface area (Å²) in [5.41, 5.74) is 6.53. The normalized spacial score (nSPS) is 18.9. The number of aliphatic hydroxyl groups is 1. The summed E-state index contributed by atoms with van der Waals surface area (Å²) in [5.74, 6) is 0.847. The Kier molecular flexibility index (Phi) is 2.33. The standard InChI is InChI=1S/C9H16N4O/c1-12-6-8(10)9(11-12)13-4-2-7(14)3-5-13/h6-7,14H,2-5,10H2,1H3. The molecule has 5 heteroatoms. The molecule has 0 bridgehead atoms. The van der Waals surface area contributed by atoms with Crippen LogP contribution in [0.3, 0.4) is 0 Å². The second-order valence-electron chi connectivity index (χ2n) is 3.80. The predicted octanol–water partition coefficient (Wildman–Crippen LogP) is -0.0366. The van der Waals surface area contributed by atoms with E-state index in [1.54, 1.807) is 10.9 Å². The molecule has 78 valence electrons. The fourth-order valence-corrected chi connectivity index (χ4v) is 1.82. The molecule has 1 aromatic heterocycles. The van der Waals surface area contributed by atoms with Gasteiger partial charge in [0.25, 0.3) is 0 Å². The lowest BCUT2D eigenvalue weighted by Gasteiger charge is -2.29. The largest absolute Gasteiger partial charge is 0.394 e. The summed E-state index contributed by atoms with van der Waals surface area (Å²) in [7, 11) is 1.86. The summed E-state index contributed by atoms with van der Waals surface area (Å²) in [6.07, 6.45) is 3.25. The van der Waals surface area contributed by atoms with Gasteiger partial charge in [-0.2, -0.15) is 5.10 Å². The molecule has 0 atom stereocenters. The molecule has 0 aromatic carbocycles. The number of nitrogen functional groups attached to an aromatic ring is 1. The monoisotopic (exact) mass is 196 g/mol. The highest BCUT2D eigenvalue weighted by Gasteiger charge is 2.20. The number of aliphatic hydroxyl groups excluding tert-OH is 1. The Morgan fingerprint density at radius 1 is 1.50 bits per heavy atom. The predicted molar refractivity (Wildman–Crippen MR) is 55.1 cm³/mol. The highest BCUT2D eigenvalue weighted by Crippen LogP contribution is 2.23. The lowest BCUT2D eigenvalue weighted by Crippen LogP contribution is -2.36. The van der Waals surface area contributed by atoms with Crippen molar-refractivity contribution in [2.24, 2.45) is 7.05 Å². The molecule has 1 aliphatic heterocycles. The van der Waals surface area contributed by atoms with Crippen molar-refractivity contribution < 1.29 is 5.11 Å². The molecular formula is C9H16N4O. The van der Waals surface area contributed by atoms with Crippen LogP contribution in [0.1, 0.15) is 12.8 Å². The summed E-state index contributed by atoms with van der Waals surface area (Å²) in [6, 6.07) is 0. The Bertz CT molecular complexity index is 315. The lowest BCUT2D eigenvalue weighted by molar-refractivity contribution is 0.145. The third-order valence-corrected chi connectivity index (χ3v) is 2.60. The Morgan fingerprint density at radius 2 is 2.14 bits per heavy atom. The van der Waals surface area contributed by atoms with Crippen molar-refractivity contribution in [3.8, 4) is 0 Å². The average molecular weight is 196 g/mol. The van der Waals surface area contributed by atoms with Crippen LogP contribution >= 0.6 is 0 Å². The first-order valence-corrected chi connectivity index (χ1v) is 4.89. The van der Waals surface area contributed by atoms with Crippen molar-refractivity contribution in [3.63, 3.8) is 0 Å². The molecule has 0 saturated carbocycles. The number of hydrogen-bond donors (Lipinski definition) is 2. The first kappa shape index (κ1) is 9.33. The fourth-order valence-electron chi connectivity index (χ4n) is 1.82. The molecular weight excluding hydrogens is 180 g/mol. The molecule has 0 unspecified atom stereocenters. The van der Waals surface area contributed by atoms with Gasteiger partial charge >= 0.3 is 0 Å². The Balaban J connectivity index is 2.11. The lowest BCUT2D eigenvalue weighted by atomic mass is 10.1. The van der Waals surface area contributed by atoms with Crippen LogP contribution in [0.15, 0.2) is 6.20 Å². The second-order valence-corrected chi connectivity index (χ2v) is 3.80. The molecule has 1 aromatic rings. The number of rotatable bonds is 1. The van der Waals surface area contributed by atoms with Crippen LogP contribution in [0.25, 0.3) is 0 Å². The van der Waals surface area contributed by atoms with E-state index in [9.17, 15) is 5.11 Å². The van der Waals surface area contributed by atoms with Crippen molar-refractivity contribution in [1.29, 1.82) is 0 Å². The van der Waals surface area contributed by atoms with Crippen LogP contribution in [0.5, 0.6) is 0 Å². The quantitative estimate of drug-likeness (QED) is 0.661. The van der Waals surface area contributed by atoms with E-state index in [-0.39, 0.29) is 6.10 Å². The van der Waals surface area contributed by atoms with Crippen molar-refractivity contribution in [2.75, 3.05) is 23.7 Å². The van der Waals surface area contributed by atoms with Gasteiger partial charge in [-0.3, -0.25) is 4.68 Å². The Hall–Kier alpha value is -1.23. The number of piperidine rings is 1. The molecule has 1 saturated heterocycles. The van der Waals surface area contributed by atoms with Gasteiger partial charge in [0.15, 0.2) is 5.82 Å². The van der Waals surface area contributed by atoms with Gasteiger partial charge in [0.1, 0.15) is 0 Å². The molecule has 1 aliphatic rings. The molecule has 0 spiro atoms. The molecule has 1 fully saturated rings. The first-order valence-electron chi connectivity index (χ1n) is 4.89. The van der Waals surface area contributed by atoms with E-state index >= 15 is 0 Å². The summed E-state index contributed by atoms with van der Waals surface area (Å²) in [6.45, 7) is 1.67. The van der Waals surface area contributed by atoms with Gasteiger partial charge in [-0.15, -0.1) is 0 Å². The van der Waals surface area contributed by atoms with Crippen molar-refractivity contribution in [2.45, 2.75) is 18.9 Å². The smallest absolute Gasteiger partial charge is 0.173 e.